The number of carbonyl (C=O) groups is 2. The van der Waals surface area contributed by atoms with E-state index in [9.17, 15) is 9.59 Å². The second kappa shape index (κ2) is 9.42. The molecule has 0 unspecified atom stereocenters. The molecule has 0 saturated heterocycles. The number of anilines is 2. The van der Waals surface area contributed by atoms with Gasteiger partial charge in [0.1, 0.15) is 11.9 Å². The van der Waals surface area contributed by atoms with Gasteiger partial charge < -0.3 is 10.6 Å². The molecule has 0 aliphatic carbocycles. The van der Waals surface area contributed by atoms with Crippen molar-refractivity contribution in [3.05, 3.63) is 54.4 Å². The Labute approximate surface area is 193 Å². The highest BCUT2D eigenvalue weighted by Gasteiger charge is 2.15. The molecule has 3 aromatic heterocycles. The number of hydrogen-bond acceptors (Lipinski definition) is 7. The van der Waals surface area contributed by atoms with Crippen LogP contribution in [0.15, 0.2) is 48.8 Å². The average molecular weight is 458 g/mol. The maximum Gasteiger partial charge on any atom is 0.321 e. The van der Waals surface area contributed by atoms with Crippen LogP contribution in [0.2, 0.25) is 0 Å². The molecule has 33 heavy (non-hydrogen) atoms. The highest BCUT2D eigenvalue weighted by atomic mass is 32.1. The number of aromatic nitrogens is 3. The zero-order chi connectivity index (χ0) is 23.4. The van der Waals surface area contributed by atoms with Crippen LogP contribution in [0.3, 0.4) is 0 Å². The predicted octanol–water partition coefficient (Wildman–Crippen LogP) is 4.39. The predicted molar refractivity (Wildman–Crippen MR) is 128 cm³/mol. The fourth-order valence-corrected chi connectivity index (χ4v) is 4.15. The summed E-state index contributed by atoms with van der Waals surface area (Å²) in [5.41, 5.74) is 4.33. The number of rotatable bonds is 5. The molecule has 0 radical (unpaired) electrons. The van der Waals surface area contributed by atoms with Crippen LogP contribution in [0, 0.1) is 11.3 Å². The Morgan fingerprint density at radius 1 is 1.06 bits per heavy atom. The van der Waals surface area contributed by atoms with E-state index in [0.29, 0.717) is 34.3 Å². The number of fused-ring (bicyclic) bond motifs is 1. The second-order valence-electron chi connectivity index (χ2n) is 7.03. The lowest BCUT2D eigenvalue weighted by Gasteiger charge is -2.08. The van der Waals surface area contributed by atoms with E-state index in [2.05, 4.69) is 37.0 Å². The van der Waals surface area contributed by atoms with Gasteiger partial charge in [0.25, 0.3) is 0 Å². The molecule has 0 atom stereocenters. The Balaban J connectivity index is 1.81. The Bertz CT molecular complexity index is 1370. The lowest BCUT2D eigenvalue weighted by molar-refractivity contribution is -0.114. The lowest BCUT2D eigenvalue weighted by Crippen LogP contribution is -2.28. The Kier molecular flexibility index (Phi) is 6.24. The number of thiazole rings is 1. The summed E-state index contributed by atoms with van der Waals surface area (Å²) in [5.74, 6) is 0.267. The summed E-state index contributed by atoms with van der Waals surface area (Å²) >= 11 is 1.34. The SMILES string of the molecule is CCNC(=O)Nc1nc2cc(-c3ccc(NC(C)=O)nc3)cc(-c3ccc(C#N)cn3)c2s1. The minimum Gasteiger partial charge on any atom is -0.338 e. The number of hydrogen-bond donors (Lipinski definition) is 3. The van der Waals surface area contributed by atoms with Crippen LogP contribution in [0.5, 0.6) is 0 Å². The van der Waals surface area contributed by atoms with Crippen LogP contribution in [0.25, 0.3) is 32.6 Å². The lowest BCUT2D eigenvalue weighted by atomic mass is 10.0. The molecule has 4 aromatic rings. The monoisotopic (exact) mass is 457 g/mol. The Morgan fingerprint density at radius 2 is 1.91 bits per heavy atom. The van der Waals surface area contributed by atoms with Crippen LogP contribution < -0.4 is 16.0 Å². The van der Waals surface area contributed by atoms with Crippen molar-refractivity contribution >= 4 is 44.4 Å². The summed E-state index contributed by atoms with van der Waals surface area (Å²) in [5, 5.41) is 17.6. The average Bonchev–Trinajstić information content (AvgIpc) is 3.21. The zero-order valence-electron chi connectivity index (χ0n) is 17.8. The number of benzene rings is 1. The second-order valence-corrected chi connectivity index (χ2v) is 8.03. The summed E-state index contributed by atoms with van der Waals surface area (Å²) in [4.78, 5) is 36.6. The van der Waals surface area contributed by atoms with E-state index < -0.39 is 0 Å². The molecule has 3 amide bonds. The third-order valence-electron chi connectivity index (χ3n) is 4.62. The van der Waals surface area contributed by atoms with Gasteiger partial charge in [-0.1, -0.05) is 11.3 Å². The fourth-order valence-electron chi connectivity index (χ4n) is 3.18. The van der Waals surface area contributed by atoms with Crippen LogP contribution >= 0.6 is 11.3 Å². The Morgan fingerprint density at radius 3 is 2.55 bits per heavy atom. The van der Waals surface area contributed by atoms with Crippen molar-refractivity contribution < 1.29 is 9.59 Å². The van der Waals surface area contributed by atoms with Gasteiger partial charge in [-0.05, 0) is 48.9 Å². The van der Waals surface area contributed by atoms with Gasteiger partial charge >= 0.3 is 6.03 Å². The van der Waals surface area contributed by atoms with Gasteiger partial charge in [0.05, 0.1) is 21.5 Å². The van der Waals surface area contributed by atoms with Gasteiger partial charge in [0.15, 0.2) is 5.13 Å². The summed E-state index contributed by atoms with van der Waals surface area (Å²) in [6.07, 6.45) is 3.19. The van der Waals surface area contributed by atoms with E-state index in [-0.39, 0.29) is 11.9 Å². The molecule has 0 aliphatic heterocycles. The van der Waals surface area contributed by atoms with E-state index in [1.807, 2.05) is 25.1 Å². The maximum atomic E-state index is 12.0. The highest BCUT2D eigenvalue weighted by Crippen LogP contribution is 2.38. The molecule has 0 saturated carbocycles. The zero-order valence-corrected chi connectivity index (χ0v) is 18.7. The first-order valence-corrected chi connectivity index (χ1v) is 10.9. The largest absolute Gasteiger partial charge is 0.338 e. The van der Waals surface area contributed by atoms with Gasteiger partial charge in [-0.25, -0.2) is 14.8 Å². The third-order valence-corrected chi connectivity index (χ3v) is 5.64. The number of amides is 3. The van der Waals surface area contributed by atoms with E-state index in [1.165, 1.54) is 24.5 Å². The Hall–Kier alpha value is -4.36. The highest BCUT2D eigenvalue weighted by molar-refractivity contribution is 7.22. The van der Waals surface area contributed by atoms with Gasteiger partial charge in [0.2, 0.25) is 5.91 Å². The van der Waals surface area contributed by atoms with E-state index in [0.717, 1.165) is 21.4 Å². The number of nitriles is 1. The van der Waals surface area contributed by atoms with E-state index >= 15 is 0 Å². The molecule has 164 valence electrons. The number of urea groups is 1. The molecule has 10 heteroatoms. The van der Waals surface area contributed by atoms with Crippen molar-refractivity contribution in [2.45, 2.75) is 13.8 Å². The van der Waals surface area contributed by atoms with Gasteiger partial charge in [-0.2, -0.15) is 5.26 Å². The number of nitrogens with zero attached hydrogens (tertiary/aromatic N) is 4. The summed E-state index contributed by atoms with van der Waals surface area (Å²) < 4.78 is 0.852. The topological polar surface area (TPSA) is 133 Å². The summed E-state index contributed by atoms with van der Waals surface area (Å²) in [7, 11) is 0. The maximum absolute atomic E-state index is 12.0. The van der Waals surface area contributed by atoms with Crippen molar-refractivity contribution in [2.75, 3.05) is 17.2 Å². The van der Waals surface area contributed by atoms with Crippen LogP contribution in [0.4, 0.5) is 15.7 Å². The molecule has 0 bridgehead atoms. The van der Waals surface area contributed by atoms with Crippen molar-refractivity contribution in [3.63, 3.8) is 0 Å². The van der Waals surface area contributed by atoms with Crippen LogP contribution in [0.1, 0.15) is 19.4 Å². The molecule has 4 rings (SSSR count). The number of pyridine rings is 2. The number of carbonyl (C=O) groups excluding carboxylic acids is 2. The normalized spacial score (nSPS) is 10.5. The van der Waals surface area contributed by atoms with Crippen molar-refractivity contribution in [1.82, 2.24) is 20.3 Å². The molecule has 9 nitrogen and oxygen atoms in total. The standard InChI is InChI=1S/C23H19N7O2S/c1-3-25-22(32)30-23-29-19-9-16(15-5-7-20(27-12-15)28-13(2)31)8-17(21(19)33-23)18-6-4-14(10-24)11-26-18/h4-9,11-12H,3H2,1-2H3,(H,27,28,31)(H2,25,29,30,32). The quantitative estimate of drug-likeness (QED) is 0.407. The summed E-state index contributed by atoms with van der Waals surface area (Å²) in [6.45, 7) is 3.77. The minimum absolute atomic E-state index is 0.194. The van der Waals surface area contributed by atoms with Gasteiger partial charge in [-0.3, -0.25) is 15.1 Å². The first-order chi connectivity index (χ1) is 16.0. The van der Waals surface area contributed by atoms with Crippen LogP contribution in [-0.2, 0) is 4.79 Å². The van der Waals surface area contributed by atoms with E-state index in [1.54, 1.807) is 24.4 Å². The van der Waals surface area contributed by atoms with Crippen molar-refractivity contribution in [2.24, 2.45) is 0 Å². The van der Waals surface area contributed by atoms with E-state index in [4.69, 9.17) is 5.26 Å². The third kappa shape index (κ3) is 4.94. The molecule has 0 fully saturated rings. The summed E-state index contributed by atoms with van der Waals surface area (Å²) in [6, 6.07) is 12.7. The first-order valence-electron chi connectivity index (χ1n) is 10.1. The smallest absolute Gasteiger partial charge is 0.321 e. The molecule has 1 aromatic carbocycles. The molecular weight excluding hydrogens is 438 g/mol. The molecule has 0 aliphatic rings. The molecular formula is C23H19N7O2S. The van der Waals surface area contributed by atoms with Crippen LogP contribution in [-0.4, -0.2) is 33.4 Å². The van der Waals surface area contributed by atoms with Gasteiger partial charge in [-0.15, -0.1) is 0 Å². The fraction of sp³-hybridized carbons (Fsp3) is 0.130. The first kappa shape index (κ1) is 21.9. The molecule has 0 spiro atoms. The molecule has 3 N–H and O–H groups in total. The minimum atomic E-state index is -0.326. The van der Waals surface area contributed by atoms with Gasteiger partial charge in [0, 0.05) is 37.0 Å². The van der Waals surface area contributed by atoms with Crippen molar-refractivity contribution in [3.8, 4) is 28.5 Å². The number of nitrogens with one attached hydrogen (secondary N) is 3. The van der Waals surface area contributed by atoms with Crippen molar-refractivity contribution in [1.29, 1.82) is 5.26 Å². The molecule has 3 heterocycles.